The lowest BCUT2D eigenvalue weighted by Gasteiger charge is -2.15. The van der Waals surface area contributed by atoms with Crippen molar-refractivity contribution in [3.8, 4) is 0 Å². The summed E-state index contributed by atoms with van der Waals surface area (Å²) in [6.07, 6.45) is 0.484. The van der Waals surface area contributed by atoms with Gasteiger partial charge in [-0.2, -0.15) is 11.8 Å². The highest BCUT2D eigenvalue weighted by Crippen LogP contribution is 2.11. The number of aliphatic hydroxyl groups is 1. The third-order valence-electron chi connectivity index (χ3n) is 2.21. The van der Waals surface area contributed by atoms with E-state index in [1.165, 1.54) is 11.8 Å². The van der Waals surface area contributed by atoms with E-state index in [9.17, 15) is 14.4 Å². The van der Waals surface area contributed by atoms with E-state index in [1.807, 2.05) is 6.92 Å². The molecule has 0 aliphatic carbocycles. The summed E-state index contributed by atoms with van der Waals surface area (Å²) in [5, 5.41) is 26.2. The van der Waals surface area contributed by atoms with Crippen LogP contribution in [-0.4, -0.2) is 57.4 Å². The molecule has 8 heteroatoms. The molecule has 0 aromatic heterocycles. The second-order valence-corrected chi connectivity index (χ2v) is 4.92. The van der Waals surface area contributed by atoms with Crippen molar-refractivity contribution in [2.75, 3.05) is 18.1 Å². The van der Waals surface area contributed by atoms with Crippen LogP contribution in [0.4, 0.5) is 0 Å². The van der Waals surface area contributed by atoms with Gasteiger partial charge in [-0.05, 0) is 12.2 Å². The van der Waals surface area contributed by atoms with Crippen molar-refractivity contribution >= 4 is 29.7 Å². The normalized spacial score (nSPS) is 13.6. The second-order valence-electron chi connectivity index (χ2n) is 3.77. The van der Waals surface area contributed by atoms with Gasteiger partial charge in [0, 0.05) is 5.75 Å². The molecule has 0 amide bonds. The first-order valence-corrected chi connectivity index (χ1v) is 6.94. The van der Waals surface area contributed by atoms with E-state index in [0.29, 0.717) is 0 Å². The Morgan fingerprint density at radius 2 is 1.84 bits per heavy atom. The number of carboxylic acid groups (broad SMARTS) is 2. The monoisotopic (exact) mass is 294 g/mol. The molecule has 0 aromatic rings. The van der Waals surface area contributed by atoms with Crippen LogP contribution < -0.4 is 0 Å². The van der Waals surface area contributed by atoms with E-state index in [0.717, 1.165) is 18.6 Å². The Hall–Kier alpha value is -1.28. The van der Waals surface area contributed by atoms with Gasteiger partial charge in [0.2, 0.25) is 6.10 Å². The van der Waals surface area contributed by atoms with Crippen LogP contribution in [0.15, 0.2) is 0 Å². The number of thioether (sulfide) groups is 1. The van der Waals surface area contributed by atoms with Crippen LogP contribution in [0.2, 0.25) is 0 Å². The number of aliphatic hydroxyl groups excluding tert-OH is 1. The molecule has 0 spiro atoms. The summed E-state index contributed by atoms with van der Waals surface area (Å²) in [6, 6.07) is 0. The SMILES string of the molecule is CCCCSCC(OC(=O)C(CO)C(=O)O)C(=O)O. The maximum absolute atomic E-state index is 11.4. The molecule has 0 aromatic carbocycles. The van der Waals surface area contributed by atoms with E-state index < -0.39 is 36.5 Å². The first-order chi connectivity index (χ1) is 8.93. The average molecular weight is 294 g/mol. The van der Waals surface area contributed by atoms with Gasteiger partial charge in [0.15, 0.2) is 5.92 Å². The molecule has 2 atom stereocenters. The highest BCUT2D eigenvalue weighted by molar-refractivity contribution is 7.99. The Labute approximate surface area is 114 Å². The second kappa shape index (κ2) is 9.62. The molecule has 0 heterocycles. The van der Waals surface area contributed by atoms with Crippen molar-refractivity contribution in [2.24, 2.45) is 5.92 Å². The summed E-state index contributed by atoms with van der Waals surface area (Å²) in [7, 11) is 0. The van der Waals surface area contributed by atoms with Crippen LogP contribution in [0.25, 0.3) is 0 Å². The van der Waals surface area contributed by atoms with Gasteiger partial charge in [0.05, 0.1) is 6.61 Å². The highest BCUT2D eigenvalue weighted by Gasteiger charge is 2.31. The number of carbonyl (C=O) groups is 3. The van der Waals surface area contributed by atoms with Gasteiger partial charge in [0.25, 0.3) is 0 Å². The zero-order chi connectivity index (χ0) is 14.8. The largest absolute Gasteiger partial charge is 0.481 e. The van der Waals surface area contributed by atoms with Crippen molar-refractivity contribution in [1.29, 1.82) is 0 Å². The summed E-state index contributed by atoms with van der Waals surface area (Å²) >= 11 is 1.32. The quantitative estimate of drug-likeness (QED) is 0.297. The molecule has 0 saturated heterocycles. The number of aliphatic carboxylic acids is 2. The molecule has 0 fully saturated rings. The zero-order valence-corrected chi connectivity index (χ0v) is 11.4. The third kappa shape index (κ3) is 7.02. The Morgan fingerprint density at radius 3 is 2.26 bits per heavy atom. The van der Waals surface area contributed by atoms with Crippen molar-refractivity contribution in [3.63, 3.8) is 0 Å². The van der Waals surface area contributed by atoms with Crippen molar-refractivity contribution in [2.45, 2.75) is 25.9 Å². The fourth-order valence-electron chi connectivity index (χ4n) is 1.07. The molecule has 0 aliphatic rings. The number of hydrogen-bond acceptors (Lipinski definition) is 6. The summed E-state index contributed by atoms with van der Waals surface area (Å²) in [5.41, 5.74) is 0. The Kier molecular flexibility index (Phi) is 8.98. The average Bonchev–Trinajstić information content (AvgIpc) is 2.33. The molecule has 2 unspecified atom stereocenters. The minimum Gasteiger partial charge on any atom is -0.481 e. The molecule has 0 radical (unpaired) electrons. The fraction of sp³-hybridized carbons (Fsp3) is 0.727. The van der Waals surface area contributed by atoms with Crippen LogP contribution in [0, 0.1) is 5.92 Å². The van der Waals surface area contributed by atoms with Crippen LogP contribution >= 0.6 is 11.8 Å². The lowest BCUT2D eigenvalue weighted by molar-refractivity contribution is -0.171. The van der Waals surface area contributed by atoms with Crippen molar-refractivity contribution < 1.29 is 34.4 Å². The van der Waals surface area contributed by atoms with Crippen LogP contribution in [0.3, 0.4) is 0 Å². The number of ether oxygens (including phenoxy) is 1. The van der Waals surface area contributed by atoms with Gasteiger partial charge in [-0.3, -0.25) is 9.59 Å². The lowest BCUT2D eigenvalue weighted by atomic mass is 10.2. The Bertz CT molecular complexity index is 318. The lowest BCUT2D eigenvalue weighted by Crippen LogP contribution is -2.36. The molecule has 0 rings (SSSR count). The van der Waals surface area contributed by atoms with Crippen molar-refractivity contribution in [3.05, 3.63) is 0 Å². The molecule has 3 N–H and O–H groups in total. The maximum atomic E-state index is 11.4. The number of rotatable bonds is 10. The molecular formula is C11H18O7S. The molecule has 0 saturated carbocycles. The predicted molar refractivity (Wildman–Crippen MR) is 68.0 cm³/mol. The van der Waals surface area contributed by atoms with E-state index in [2.05, 4.69) is 4.74 Å². The molecule has 0 aliphatic heterocycles. The van der Waals surface area contributed by atoms with E-state index in [1.54, 1.807) is 0 Å². The van der Waals surface area contributed by atoms with E-state index in [4.69, 9.17) is 15.3 Å². The Balaban J connectivity index is 4.37. The number of carbonyl (C=O) groups excluding carboxylic acids is 1. The molecule has 7 nitrogen and oxygen atoms in total. The number of unbranched alkanes of at least 4 members (excludes halogenated alkanes) is 1. The summed E-state index contributed by atoms with van der Waals surface area (Å²) < 4.78 is 4.61. The Morgan fingerprint density at radius 1 is 1.21 bits per heavy atom. The first kappa shape index (κ1) is 17.7. The van der Waals surface area contributed by atoms with Crippen LogP contribution in [-0.2, 0) is 19.1 Å². The minimum atomic E-state index is -1.75. The molecule has 0 bridgehead atoms. The van der Waals surface area contributed by atoms with Crippen molar-refractivity contribution in [1.82, 2.24) is 0 Å². The van der Waals surface area contributed by atoms with Gasteiger partial charge in [0.1, 0.15) is 0 Å². The number of esters is 1. The summed E-state index contributed by atoms with van der Waals surface area (Å²) in [6.45, 7) is 1.07. The number of hydrogen-bond donors (Lipinski definition) is 3. The zero-order valence-electron chi connectivity index (χ0n) is 10.6. The fourth-order valence-corrected chi connectivity index (χ4v) is 2.15. The maximum Gasteiger partial charge on any atom is 0.345 e. The summed E-state index contributed by atoms with van der Waals surface area (Å²) in [5.74, 6) is -5.07. The standard InChI is InChI=1S/C11H18O7S/c1-2-3-4-19-6-8(10(15)16)18-11(17)7(5-12)9(13)14/h7-8,12H,2-6H2,1H3,(H,13,14)(H,15,16). The summed E-state index contributed by atoms with van der Waals surface area (Å²) in [4.78, 5) is 32.9. The van der Waals surface area contributed by atoms with Gasteiger partial charge in [-0.1, -0.05) is 13.3 Å². The van der Waals surface area contributed by atoms with Gasteiger partial charge in [-0.15, -0.1) is 0 Å². The third-order valence-corrected chi connectivity index (χ3v) is 3.33. The minimum absolute atomic E-state index is 0.0544. The van der Waals surface area contributed by atoms with E-state index in [-0.39, 0.29) is 5.75 Å². The van der Waals surface area contributed by atoms with Crippen LogP contribution in [0.1, 0.15) is 19.8 Å². The predicted octanol–water partition coefficient (Wildman–Crippen LogP) is 0.209. The molecule has 110 valence electrons. The van der Waals surface area contributed by atoms with Gasteiger partial charge in [-0.25, -0.2) is 4.79 Å². The first-order valence-electron chi connectivity index (χ1n) is 5.78. The van der Waals surface area contributed by atoms with Gasteiger partial charge < -0.3 is 20.1 Å². The number of carboxylic acids is 2. The van der Waals surface area contributed by atoms with Gasteiger partial charge >= 0.3 is 17.9 Å². The van der Waals surface area contributed by atoms with E-state index >= 15 is 0 Å². The molecule has 19 heavy (non-hydrogen) atoms. The smallest absolute Gasteiger partial charge is 0.345 e. The molecular weight excluding hydrogens is 276 g/mol. The topological polar surface area (TPSA) is 121 Å². The highest BCUT2D eigenvalue weighted by atomic mass is 32.2. The van der Waals surface area contributed by atoms with Crippen LogP contribution in [0.5, 0.6) is 0 Å².